The number of carbonyl (C=O) groups is 1. The van der Waals surface area contributed by atoms with Crippen molar-refractivity contribution in [3.8, 4) is 5.75 Å². The first-order valence-corrected chi connectivity index (χ1v) is 7.70. The maximum absolute atomic E-state index is 12.1. The lowest BCUT2D eigenvalue weighted by Crippen LogP contribution is -2.27. The molecule has 2 unspecified atom stereocenters. The molecule has 2 atom stereocenters. The topological polar surface area (TPSA) is 51.5 Å². The molecular weight excluding hydrogens is 278 g/mol. The predicted octanol–water partition coefficient (Wildman–Crippen LogP) is 3.97. The normalized spacial score (nSPS) is 18.5. The summed E-state index contributed by atoms with van der Waals surface area (Å²) in [6.45, 7) is 1.94. The monoisotopic (exact) mass is 299 g/mol. The van der Waals surface area contributed by atoms with E-state index in [4.69, 9.17) is 9.15 Å². The largest absolute Gasteiger partial charge is 0.493 e. The maximum Gasteiger partial charge on any atom is 0.221 e. The van der Waals surface area contributed by atoms with Gasteiger partial charge in [-0.25, -0.2) is 0 Å². The first kappa shape index (κ1) is 14.7. The van der Waals surface area contributed by atoms with Crippen LogP contribution in [0.25, 0.3) is 11.0 Å². The average molecular weight is 299 g/mol. The Morgan fingerprint density at radius 2 is 2.36 bits per heavy atom. The van der Waals surface area contributed by atoms with Crippen LogP contribution in [-0.2, 0) is 4.79 Å². The molecule has 0 saturated heterocycles. The number of benzene rings is 1. The predicted molar refractivity (Wildman–Crippen MR) is 85.8 cm³/mol. The van der Waals surface area contributed by atoms with Crippen molar-refractivity contribution in [3.63, 3.8) is 0 Å². The number of carbonyl (C=O) groups excluding carboxylic acids is 1. The highest BCUT2D eigenvalue weighted by Gasteiger charge is 2.18. The molecule has 1 N–H and O–H groups in total. The third kappa shape index (κ3) is 3.01. The van der Waals surface area contributed by atoms with Crippen LogP contribution in [0.3, 0.4) is 0 Å². The molecule has 0 saturated carbocycles. The number of hydrogen-bond donors (Lipinski definition) is 1. The molecule has 0 fully saturated rings. The molecule has 0 aliphatic heterocycles. The van der Waals surface area contributed by atoms with E-state index in [1.807, 2.05) is 31.2 Å². The van der Waals surface area contributed by atoms with E-state index in [9.17, 15) is 4.79 Å². The zero-order valence-electron chi connectivity index (χ0n) is 13.0. The second kappa shape index (κ2) is 6.26. The molecule has 1 amide bonds. The molecule has 0 bridgehead atoms. The lowest BCUT2D eigenvalue weighted by Gasteiger charge is -2.13. The van der Waals surface area contributed by atoms with E-state index in [0.29, 0.717) is 18.1 Å². The van der Waals surface area contributed by atoms with Crippen LogP contribution in [0.5, 0.6) is 5.75 Å². The van der Waals surface area contributed by atoms with Crippen molar-refractivity contribution in [1.82, 2.24) is 5.32 Å². The van der Waals surface area contributed by atoms with Gasteiger partial charge in [-0.15, -0.1) is 0 Å². The highest BCUT2D eigenvalue weighted by Crippen LogP contribution is 2.31. The Hall–Kier alpha value is -2.23. The molecule has 1 heterocycles. The van der Waals surface area contributed by atoms with E-state index in [0.717, 1.165) is 29.6 Å². The van der Waals surface area contributed by atoms with E-state index in [2.05, 4.69) is 17.5 Å². The Morgan fingerprint density at radius 1 is 1.50 bits per heavy atom. The van der Waals surface area contributed by atoms with Crippen molar-refractivity contribution in [2.75, 3.05) is 7.11 Å². The minimum atomic E-state index is -0.157. The Labute approximate surface area is 130 Å². The molecule has 116 valence electrons. The van der Waals surface area contributed by atoms with Gasteiger partial charge >= 0.3 is 0 Å². The third-order valence-electron chi connectivity index (χ3n) is 4.11. The first-order chi connectivity index (χ1) is 10.7. The van der Waals surface area contributed by atoms with Gasteiger partial charge < -0.3 is 14.5 Å². The van der Waals surface area contributed by atoms with Crippen LogP contribution in [0, 0.1) is 5.92 Å². The van der Waals surface area contributed by atoms with E-state index < -0.39 is 0 Å². The molecule has 0 radical (unpaired) electrons. The number of ether oxygens (including phenoxy) is 1. The molecule has 1 aromatic heterocycles. The lowest BCUT2D eigenvalue weighted by molar-refractivity contribution is -0.122. The number of nitrogens with one attached hydrogen (secondary N) is 1. The molecule has 0 spiro atoms. The molecule has 22 heavy (non-hydrogen) atoms. The van der Waals surface area contributed by atoms with Gasteiger partial charge in [-0.05, 0) is 37.8 Å². The Morgan fingerprint density at radius 3 is 3.09 bits per heavy atom. The fourth-order valence-corrected chi connectivity index (χ4v) is 2.91. The van der Waals surface area contributed by atoms with Crippen molar-refractivity contribution in [2.24, 2.45) is 5.92 Å². The van der Waals surface area contributed by atoms with E-state index in [1.54, 1.807) is 7.11 Å². The van der Waals surface area contributed by atoms with E-state index in [-0.39, 0.29) is 11.9 Å². The molecule has 3 rings (SSSR count). The van der Waals surface area contributed by atoms with Crippen LogP contribution >= 0.6 is 0 Å². The highest BCUT2D eigenvalue weighted by atomic mass is 16.5. The fourth-order valence-electron chi connectivity index (χ4n) is 2.91. The molecule has 1 aromatic carbocycles. The summed E-state index contributed by atoms with van der Waals surface area (Å²) >= 11 is 0. The Kier molecular flexibility index (Phi) is 4.18. The van der Waals surface area contributed by atoms with Gasteiger partial charge in [0.25, 0.3) is 0 Å². The summed E-state index contributed by atoms with van der Waals surface area (Å²) in [5.74, 6) is 1.90. The van der Waals surface area contributed by atoms with Crippen LogP contribution in [-0.4, -0.2) is 13.0 Å². The van der Waals surface area contributed by atoms with Crippen LogP contribution in [0.4, 0.5) is 0 Å². The summed E-state index contributed by atoms with van der Waals surface area (Å²) < 4.78 is 11.2. The summed E-state index contributed by atoms with van der Waals surface area (Å²) in [4.78, 5) is 12.1. The minimum absolute atomic E-state index is 0.0662. The number of furan rings is 1. The standard InChI is InChI=1S/C18H21NO3/c1-12(19-17(20)10-13-6-3-4-7-13)16-11-14-8-5-9-15(21-2)18(14)22-16/h3,5-6,8-9,11-13H,4,7,10H2,1-2H3,(H,19,20). The number of fused-ring (bicyclic) bond motifs is 1. The van der Waals surface area contributed by atoms with Gasteiger partial charge in [0.2, 0.25) is 5.91 Å². The number of methoxy groups -OCH3 is 1. The fraction of sp³-hybridized carbons (Fsp3) is 0.389. The van der Waals surface area contributed by atoms with Gasteiger partial charge in [0.1, 0.15) is 5.76 Å². The molecule has 1 aliphatic carbocycles. The summed E-state index contributed by atoms with van der Waals surface area (Å²) in [7, 11) is 1.62. The van der Waals surface area contributed by atoms with Crippen LogP contribution < -0.4 is 10.1 Å². The zero-order valence-corrected chi connectivity index (χ0v) is 13.0. The maximum atomic E-state index is 12.1. The van der Waals surface area contributed by atoms with Gasteiger partial charge in [0, 0.05) is 11.8 Å². The molecule has 2 aromatic rings. The SMILES string of the molecule is COc1cccc2cc(C(C)NC(=O)CC3C=CCC3)oc12. The second-order valence-corrected chi connectivity index (χ2v) is 5.79. The summed E-state index contributed by atoms with van der Waals surface area (Å²) in [5, 5.41) is 3.99. The Balaban J connectivity index is 1.70. The zero-order chi connectivity index (χ0) is 15.5. The minimum Gasteiger partial charge on any atom is -0.493 e. The van der Waals surface area contributed by atoms with Gasteiger partial charge in [-0.2, -0.15) is 0 Å². The van der Waals surface area contributed by atoms with Gasteiger partial charge in [-0.3, -0.25) is 4.79 Å². The Bertz CT molecular complexity index is 701. The molecule has 4 nitrogen and oxygen atoms in total. The number of rotatable bonds is 5. The van der Waals surface area contributed by atoms with Gasteiger partial charge in [-0.1, -0.05) is 24.3 Å². The summed E-state index contributed by atoms with van der Waals surface area (Å²) in [6.07, 6.45) is 6.98. The van der Waals surface area contributed by atoms with E-state index >= 15 is 0 Å². The van der Waals surface area contributed by atoms with Crippen molar-refractivity contribution in [2.45, 2.75) is 32.2 Å². The lowest BCUT2D eigenvalue weighted by atomic mass is 10.0. The van der Waals surface area contributed by atoms with Gasteiger partial charge in [0.15, 0.2) is 11.3 Å². The van der Waals surface area contributed by atoms with Crippen LogP contribution in [0.2, 0.25) is 0 Å². The van der Waals surface area contributed by atoms with E-state index in [1.165, 1.54) is 0 Å². The van der Waals surface area contributed by atoms with Crippen molar-refractivity contribution < 1.29 is 13.9 Å². The summed E-state index contributed by atoms with van der Waals surface area (Å²) in [6, 6.07) is 7.57. The van der Waals surface area contributed by atoms with Crippen molar-refractivity contribution in [1.29, 1.82) is 0 Å². The first-order valence-electron chi connectivity index (χ1n) is 7.70. The number of allylic oxidation sites excluding steroid dienone is 2. The highest BCUT2D eigenvalue weighted by molar-refractivity contribution is 5.84. The number of para-hydroxylation sites is 1. The quantitative estimate of drug-likeness (QED) is 0.850. The number of hydrogen-bond acceptors (Lipinski definition) is 3. The molecule has 1 aliphatic rings. The molecule has 4 heteroatoms. The van der Waals surface area contributed by atoms with Gasteiger partial charge in [0.05, 0.1) is 13.2 Å². The third-order valence-corrected chi connectivity index (χ3v) is 4.11. The smallest absolute Gasteiger partial charge is 0.221 e. The van der Waals surface area contributed by atoms with Crippen molar-refractivity contribution in [3.05, 3.63) is 42.2 Å². The van der Waals surface area contributed by atoms with Crippen LogP contribution in [0.15, 0.2) is 40.8 Å². The molecular formula is C18H21NO3. The van der Waals surface area contributed by atoms with Crippen LogP contribution in [0.1, 0.15) is 38.0 Å². The number of amides is 1. The second-order valence-electron chi connectivity index (χ2n) is 5.79. The van der Waals surface area contributed by atoms with Crippen molar-refractivity contribution >= 4 is 16.9 Å². The summed E-state index contributed by atoms with van der Waals surface area (Å²) in [5.41, 5.74) is 0.722. The average Bonchev–Trinajstić information content (AvgIpc) is 3.15.